The monoisotopic (exact) mass is 343 g/mol. The van der Waals surface area contributed by atoms with Crippen molar-refractivity contribution in [2.45, 2.75) is 11.4 Å². The van der Waals surface area contributed by atoms with Crippen molar-refractivity contribution < 1.29 is 4.79 Å². The summed E-state index contributed by atoms with van der Waals surface area (Å²) < 4.78 is 1.69. The lowest BCUT2D eigenvalue weighted by Gasteiger charge is -2.13. The summed E-state index contributed by atoms with van der Waals surface area (Å²) in [5.74, 6) is 0.777. The van der Waals surface area contributed by atoms with Gasteiger partial charge in [0.05, 0.1) is 16.9 Å². The maximum Gasteiger partial charge on any atom is 0.249 e. The van der Waals surface area contributed by atoms with E-state index in [0.717, 1.165) is 22.2 Å². The number of halogens is 1. The van der Waals surface area contributed by atoms with E-state index in [1.165, 1.54) is 0 Å². The van der Waals surface area contributed by atoms with Crippen molar-refractivity contribution >= 4 is 40.2 Å². The van der Waals surface area contributed by atoms with Crippen LogP contribution >= 0.6 is 23.4 Å². The van der Waals surface area contributed by atoms with Crippen LogP contribution in [-0.2, 0) is 0 Å². The minimum atomic E-state index is -0.222. The fourth-order valence-corrected chi connectivity index (χ4v) is 4.18. The Bertz CT molecular complexity index is 865. The second-order valence-corrected chi connectivity index (χ2v) is 7.02. The van der Waals surface area contributed by atoms with E-state index in [0.29, 0.717) is 5.02 Å². The minimum Gasteiger partial charge on any atom is -0.290 e. The summed E-state index contributed by atoms with van der Waals surface area (Å²) in [6.07, 6.45) is 5.40. The molecule has 0 radical (unpaired) electrons. The summed E-state index contributed by atoms with van der Waals surface area (Å²) in [6.45, 7) is 0. The summed E-state index contributed by atoms with van der Waals surface area (Å²) in [5.41, 5.74) is 1.94. The summed E-state index contributed by atoms with van der Waals surface area (Å²) >= 11 is 7.79. The second-order valence-electron chi connectivity index (χ2n) is 5.45. The lowest BCUT2D eigenvalue weighted by atomic mass is 10.2. The van der Waals surface area contributed by atoms with Crippen LogP contribution in [0, 0.1) is 0 Å². The standard InChI is InChI=1S/C17H14ClN3OS/c18-13-4-3-11-5-7-21(15(11)8-13)17(22)14-10-23-16(20-14)12-2-1-6-19-9-12/h1-9,14,16,20H,10H2/t14-,16?/m0/s1. The van der Waals surface area contributed by atoms with Gasteiger partial charge < -0.3 is 0 Å². The molecule has 4 nitrogen and oxygen atoms in total. The van der Waals surface area contributed by atoms with Crippen molar-refractivity contribution in [1.29, 1.82) is 0 Å². The fourth-order valence-electron chi connectivity index (χ4n) is 2.80. The first-order chi connectivity index (χ1) is 11.2. The molecule has 2 aromatic heterocycles. The summed E-state index contributed by atoms with van der Waals surface area (Å²) in [6, 6.07) is 11.2. The Morgan fingerprint density at radius 3 is 3.09 bits per heavy atom. The Morgan fingerprint density at radius 2 is 2.26 bits per heavy atom. The molecule has 0 spiro atoms. The van der Waals surface area contributed by atoms with Gasteiger partial charge in [-0.1, -0.05) is 23.7 Å². The summed E-state index contributed by atoms with van der Waals surface area (Å²) in [7, 11) is 0. The van der Waals surface area contributed by atoms with E-state index in [9.17, 15) is 4.79 Å². The normalized spacial score (nSPS) is 20.9. The minimum absolute atomic E-state index is 0.0427. The molecule has 6 heteroatoms. The average Bonchev–Trinajstić information content (AvgIpc) is 3.22. The number of fused-ring (bicyclic) bond motifs is 1. The number of aromatic nitrogens is 2. The van der Waals surface area contributed by atoms with Crippen LogP contribution in [0.4, 0.5) is 0 Å². The molecule has 1 aromatic carbocycles. The van der Waals surface area contributed by atoms with Crippen LogP contribution in [0.3, 0.4) is 0 Å². The number of rotatable bonds is 2. The van der Waals surface area contributed by atoms with Gasteiger partial charge in [0.2, 0.25) is 5.91 Å². The van der Waals surface area contributed by atoms with Crippen molar-refractivity contribution in [1.82, 2.24) is 14.9 Å². The number of carbonyl (C=O) groups is 1. The number of carbonyl (C=O) groups excluding carboxylic acids is 1. The zero-order chi connectivity index (χ0) is 15.8. The second kappa shape index (κ2) is 6.00. The largest absolute Gasteiger partial charge is 0.290 e. The maximum absolute atomic E-state index is 12.8. The molecular formula is C17H14ClN3OS. The Hall–Kier alpha value is -1.82. The van der Waals surface area contributed by atoms with Gasteiger partial charge in [-0.05, 0) is 29.8 Å². The lowest BCUT2D eigenvalue weighted by Crippen LogP contribution is -2.37. The third-order valence-corrected chi connectivity index (χ3v) is 5.46. The number of hydrogen-bond donors (Lipinski definition) is 1. The molecule has 23 heavy (non-hydrogen) atoms. The molecule has 1 saturated heterocycles. The van der Waals surface area contributed by atoms with Crippen LogP contribution in [0.2, 0.25) is 5.02 Å². The predicted octanol–water partition coefficient (Wildman–Crippen LogP) is 3.73. The Kier molecular flexibility index (Phi) is 3.85. The van der Waals surface area contributed by atoms with Gasteiger partial charge in [0, 0.05) is 34.8 Å². The van der Waals surface area contributed by atoms with Crippen molar-refractivity contribution in [3.63, 3.8) is 0 Å². The molecule has 0 amide bonds. The van der Waals surface area contributed by atoms with E-state index in [1.54, 1.807) is 22.5 Å². The molecule has 2 atom stereocenters. The van der Waals surface area contributed by atoms with E-state index >= 15 is 0 Å². The molecule has 0 aliphatic carbocycles. The SMILES string of the molecule is O=C([C@@H]1CSC(c2cccnc2)N1)n1ccc2ccc(Cl)cc21. The molecular weight excluding hydrogens is 330 g/mol. The number of hydrogen-bond acceptors (Lipinski definition) is 4. The topological polar surface area (TPSA) is 46.9 Å². The van der Waals surface area contributed by atoms with Gasteiger partial charge in [0.15, 0.2) is 0 Å². The molecule has 116 valence electrons. The Balaban J connectivity index is 1.59. The van der Waals surface area contributed by atoms with Crippen molar-refractivity contribution in [2.24, 2.45) is 0 Å². The summed E-state index contributed by atoms with van der Waals surface area (Å²) in [5, 5.41) is 5.14. The van der Waals surface area contributed by atoms with Crippen LogP contribution in [-0.4, -0.2) is 27.3 Å². The number of pyridine rings is 1. The van der Waals surface area contributed by atoms with Crippen LogP contribution < -0.4 is 5.32 Å². The molecule has 4 rings (SSSR count). The van der Waals surface area contributed by atoms with E-state index in [4.69, 9.17) is 11.6 Å². The lowest BCUT2D eigenvalue weighted by molar-refractivity contribution is 0.0879. The molecule has 1 N–H and O–H groups in total. The molecule has 3 heterocycles. The third-order valence-electron chi connectivity index (χ3n) is 3.96. The van der Waals surface area contributed by atoms with Crippen LogP contribution in [0.15, 0.2) is 55.0 Å². The van der Waals surface area contributed by atoms with Crippen molar-refractivity contribution in [3.05, 3.63) is 65.6 Å². The molecule has 1 aliphatic heterocycles. The van der Waals surface area contributed by atoms with Crippen molar-refractivity contribution in [3.8, 4) is 0 Å². The average molecular weight is 344 g/mol. The highest BCUT2D eigenvalue weighted by Gasteiger charge is 2.31. The molecule has 1 unspecified atom stereocenters. The number of nitrogens with one attached hydrogen (secondary N) is 1. The van der Waals surface area contributed by atoms with Gasteiger partial charge in [-0.2, -0.15) is 0 Å². The molecule has 0 saturated carbocycles. The maximum atomic E-state index is 12.8. The fraction of sp³-hybridized carbons (Fsp3) is 0.176. The number of nitrogens with zero attached hydrogens (tertiary/aromatic N) is 2. The van der Waals surface area contributed by atoms with Crippen LogP contribution in [0.5, 0.6) is 0 Å². The first-order valence-corrected chi connectivity index (χ1v) is 8.73. The van der Waals surface area contributed by atoms with Gasteiger partial charge in [0.25, 0.3) is 0 Å². The third kappa shape index (κ3) is 2.76. The van der Waals surface area contributed by atoms with Crippen molar-refractivity contribution in [2.75, 3.05) is 5.75 Å². The molecule has 0 bridgehead atoms. The highest BCUT2D eigenvalue weighted by molar-refractivity contribution is 7.99. The first-order valence-electron chi connectivity index (χ1n) is 7.31. The molecule has 3 aromatic rings. The van der Waals surface area contributed by atoms with E-state index in [2.05, 4.69) is 10.3 Å². The van der Waals surface area contributed by atoms with Gasteiger partial charge >= 0.3 is 0 Å². The highest BCUT2D eigenvalue weighted by atomic mass is 35.5. The zero-order valence-corrected chi connectivity index (χ0v) is 13.7. The van der Waals surface area contributed by atoms with E-state index in [1.807, 2.05) is 48.8 Å². The Morgan fingerprint density at radius 1 is 1.35 bits per heavy atom. The Labute approximate surface area is 142 Å². The van der Waals surface area contributed by atoms with E-state index < -0.39 is 0 Å². The van der Waals surface area contributed by atoms with Gasteiger partial charge in [-0.15, -0.1) is 11.8 Å². The number of benzene rings is 1. The smallest absolute Gasteiger partial charge is 0.249 e. The number of thioether (sulfide) groups is 1. The molecule has 1 fully saturated rings. The van der Waals surface area contributed by atoms with Gasteiger partial charge in [-0.25, -0.2) is 0 Å². The highest BCUT2D eigenvalue weighted by Crippen LogP contribution is 2.33. The first kappa shape index (κ1) is 14.8. The van der Waals surface area contributed by atoms with Gasteiger partial charge in [-0.3, -0.25) is 19.7 Å². The van der Waals surface area contributed by atoms with Gasteiger partial charge in [0.1, 0.15) is 0 Å². The predicted molar refractivity (Wildman–Crippen MR) is 93.9 cm³/mol. The van der Waals surface area contributed by atoms with Crippen LogP contribution in [0.1, 0.15) is 15.7 Å². The zero-order valence-electron chi connectivity index (χ0n) is 12.1. The molecule has 1 aliphatic rings. The van der Waals surface area contributed by atoms with Crippen LogP contribution in [0.25, 0.3) is 10.9 Å². The quantitative estimate of drug-likeness (QED) is 0.770. The summed E-state index contributed by atoms with van der Waals surface area (Å²) in [4.78, 5) is 17.0. The van der Waals surface area contributed by atoms with E-state index in [-0.39, 0.29) is 17.3 Å².